The topological polar surface area (TPSA) is 27.7 Å². The Morgan fingerprint density at radius 3 is 1.56 bits per heavy atom. The molecule has 0 spiro atoms. The Hall–Kier alpha value is -0.380. The Morgan fingerprint density at radius 2 is 1.28 bits per heavy atom. The molecule has 0 N–H and O–H groups in total. The highest BCUT2D eigenvalue weighted by molar-refractivity contribution is 5.02. The van der Waals surface area contributed by atoms with Crippen molar-refractivity contribution in [3.63, 3.8) is 0 Å². The molecule has 0 heterocycles. The van der Waals surface area contributed by atoms with E-state index in [1.165, 1.54) is 0 Å². The molecule has 0 fully saturated rings. The molecule has 0 aliphatic carbocycles. The highest BCUT2D eigenvalue weighted by Gasteiger charge is 2.49. The number of hydrogen-bond donors (Lipinski definition) is 0. The van der Waals surface area contributed by atoms with Crippen molar-refractivity contribution in [2.75, 3.05) is 19.8 Å². The van der Waals surface area contributed by atoms with Crippen molar-refractivity contribution in [1.82, 2.24) is 0 Å². The molecule has 0 saturated carbocycles. The second-order valence-corrected chi connectivity index (χ2v) is 4.44. The lowest BCUT2D eigenvalue weighted by molar-refractivity contribution is -0.416. The van der Waals surface area contributed by atoms with Crippen LogP contribution in [-0.2, 0) is 14.2 Å². The van der Waals surface area contributed by atoms with Crippen LogP contribution in [0, 0.1) is 5.41 Å². The van der Waals surface area contributed by atoms with Gasteiger partial charge in [-0.3, -0.25) is 0 Å². The van der Waals surface area contributed by atoms with Crippen molar-refractivity contribution in [2.24, 2.45) is 5.41 Å². The monoisotopic (exact) mass is 258 g/mol. The molecule has 1 unspecified atom stereocenters. The number of ether oxygens (including phenoxy) is 3. The van der Waals surface area contributed by atoms with Crippen molar-refractivity contribution in [1.29, 1.82) is 0 Å². The van der Waals surface area contributed by atoms with Gasteiger partial charge in [0.15, 0.2) is 0 Å². The summed E-state index contributed by atoms with van der Waals surface area (Å²) in [5.74, 6) is -0.980. The molecule has 18 heavy (non-hydrogen) atoms. The van der Waals surface area contributed by atoms with E-state index in [0.717, 1.165) is 12.8 Å². The summed E-state index contributed by atoms with van der Waals surface area (Å²) in [7, 11) is 0. The van der Waals surface area contributed by atoms with E-state index in [9.17, 15) is 0 Å². The van der Waals surface area contributed by atoms with Gasteiger partial charge in [0, 0.05) is 19.8 Å². The molecule has 0 aromatic heterocycles. The summed E-state index contributed by atoms with van der Waals surface area (Å²) in [6.07, 6.45) is 6.20. The fraction of sp³-hybridized carbons (Fsp3) is 0.867. The Bertz CT molecular complexity index is 221. The molecule has 0 amide bonds. The smallest absolute Gasteiger partial charge is 0.292 e. The van der Waals surface area contributed by atoms with Crippen LogP contribution < -0.4 is 0 Å². The normalized spacial score (nSPS) is 16.1. The van der Waals surface area contributed by atoms with Gasteiger partial charge in [-0.05, 0) is 40.5 Å². The zero-order chi connectivity index (χ0) is 14.1. The fourth-order valence-electron chi connectivity index (χ4n) is 2.00. The summed E-state index contributed by atoms with van der Waals surface area (Å²) >= 11 is 0. The second-order valence-electron chi connectivity index (χ2n) is 4.44. The third-order valence-electron chi connectivity index (χ3n) is 3.16. The minimum absolute atomic E-state index is 0.287. The summed E-state index contributed by atoms with van der Waals surface area (Å²) in [6, 6.07) is 0. The van der Waals surface area contributed by atoms with Gasteiger partial charge < -0.3 is 14.2 Å². The summed E-state index contributed by atoms with van der Waals surface area (Å²) in [6.45, 7) is 14.0. The van der Waals surface area contributed by atoms with Gasteiger partial charge in [0.1, 0.15) is 0 Å². The minimum Gasteiger partial charge on any atom is -0.327 e. The fourth-order valence-corrected chi connectivity index (χ4v) is 2.00. The van der Waals surface area contributed by atoms with Gasteiger partial charge in [0.25, 0.3) is 5.97 Å². The summed E-state index contributed by atoms with van der Waals surface area (Å²) in [5.41, 5.74) is -0.287. The molecule has 0 bridgehead atoms. The third-order valence-corrected chi connectivity index (χ3v) is 3.16. The lowest BCUT2D eigenvalue weighted by atomic mass is 9.83. The van der Waals surface area contributed by atoms with Crippen molar-refractivity contribution >= 4 is 0 Å². The Labute approximate surface area is 112 Å². The van der Waals surface area contributed by atoms with E-state index in [1.54, 1.807) is 0 Å². The first-order valence-electron chi connectivity index (χ1n) is 7.15. The van der Waals surface area contributed by atoms with E-state index >= 15 is 0 Å². The average Bonchev–Trinajstić information content (AvgIpc) is 2.36. The molecule has 108 valence electrons. The van der Waals surface area contributed by atoms with Crippen LogP contribution in [0.4, 0.5) is 0 Å². The van der Waals surface area contributed by atoms with Gasteiger partial charge in [-0.1, -0.05) is 26.0 Å². The molecule has 0 aromatic rings. The average molecular weight is 258 g/mol. The zero-order valence-corrected chi connectivity index (χ0v) is 12.9. The van der Waals surface area contributed by atoms with E-state index < -0.39 is 5.97 Å². The van der Waals surface area contributed by atoms with Crippen LogP contribution in [0.1, 0.15) is 54.4 Å². The van der Waals surface area contributed by atoms with Gasteiger partial charge in [-0.2, -0.15) is 0 Å². The van der Waals surface area contributed by atoms with E-state index in [-0.39, 0.29) is 5.41 Å². The van der Waals surface area contributed by atoms with Gasteiger partial charge >= 0.3 is 0 Å². The predicted molar refractivity (Wildman–Crippen MR) is 75.4 cm³/mol. The van der Waals surface area contributed by atoms with Crippen LogP contribution in [0.25, 0.3) is 0 Å². The van der Waals surface area contributed by atoms with E-state index in [4.69, 9.17) is 14.2 Å². The highest BCUT2D eigenvalue weighted by Crippen LogP contribution is 2.41. The van der Waals surface area contributed by atoms with Gasteiger partial charge in [-0.25, -0.2) is 0 Å². The van der Waals surface area contributed by atoms with Crippen LogP contribution in [0.15, 0.2) is 12.2 Å². The van der Waals surface area contributed by atoms with Crippen molar-refractivity contribution in [3.05, 3.63) is 12.2 Å². The van der Waals surface area contributed by atoms with Crippen molar-refractivity contribution < 1.29 is 14.2 Å². The Kier molecular flexibility index (Phi) is 8.49. The Balaban J connectivity index is 5.36. The van der Waals surface area contributed by atoms with Crippen LogP contribution in [-0.4, -0.2) is 25.8 Å². The van der Waals surface area contributed by atoms with Crippen LogP contribution in [0.2, 0.25) is 0 Å². The lowest BCUT2D eigenvalue weighted by Crippen LogP contribution is -2.52. The summed E-state index contributed by atoms with van der Waals surface area (Å²) < 4.78 is 17.6. The van der Waals surface area contributed by atoms with Gasteiger partial charge in [0.2, 0.25) is 0 Å². The van der Waals surface area contributed by atoms with E-state index in [2.05, 4.69) is 32.9 Å². The zero-order valence-electron chi connectivity index (χ0n) is 12.9. The molecule has 3 heteroatoms. The molecule has 0 aromatic carbocycles. The molecular formula is C15H30O3. The third kappa shape index (κ3) is 4.08. The molecule has 0 aliphatic heterocycles. The number of allylic oxidation sites excluding steroid dienone is 1. The standard InChI is InChI=1S/C15H30O3/c1-7-12-13-14(6,8-2)15(16-9-3,17-10-4)18-11-5/h12-13H,7-11H2,1-6H3. The van der Waals surface area contributed by atoms with Crippen LogP contribution in [0.5, 0.6) is 0 Å². The van der Waals surface area contributed by atoms with Gasteiger partial charge in [-0.15, -0.1) is 0 Å². The summed E-state index contributed by atoms with van der Waals surface area (Å²) in [5, 5.41) is 0. The molecule has 0 radical (unpaired) electrons. The first-order valence-corrected chi connectivity index (χ1v) is 7.15. The van der Waals surface area contributed by atoms with Crippen molar-refractivity contribution in [3.8, 4) is 0 Å². The SMILES string of the molecule is CCC=CC(C)(CC)C(OCC)(OCC)OCC. The number of hydrogen-bond acceptors (Lipinski definition) is 3. The molecule has 3 nitrogen and oxygen atoms in total. The predicted octanol–water partition coefficient (Wildman–Crippen LogP) is 4.13. The lowest BCUT2D eigenvalue weighted by Gasteiger charge is -2.44. The maximum Gasteiger partial charge on any atom is 0.292 e. The summed E-state index contributed by atoms with van der Waals surface area (Å²) in [4.78, 5) is 0. The van der Waals surface area contributed by atoms with E-state index in [0.29, 0.717) is 19.8 Å². The number of rotatable bonds is 10. The van der Waals surface area contributed by atoms with Crippen molar-refractivity contribution in [2.45, 2.75) is 60.4 Å². The van der Waals surface area contributed by atoms with Gasteiger partial charge in [0.05, 0.1) is 5.41 Å². The molecule has 1 atom stereocenters. The first kappa shape index (κ1) is 17.6. The molecule has 0 aliphatic rings. The van der Waals surface area contributed by atoms with Crippen LogP contribution in [0.3, 0.4) is 0 Å². The molecular weight excluding hydrogens is 228 g/mol. The molecule has 0 rings (SSSR count). The first-order chi connectivity index (χ1) is 8.55. The molecule has 0 saturated heterocycles. The van der Waals surface area contributed by atoms with E-state index in [1.807, 2.05) is 20.8 Å². The van der Waals surface area contributed by atoms with Crippen LogP contribution >= 0.6 is 0 Å². The Morgan fingerprint density at radius 1 is 0.833 bits per heavy atom. The largest absolute Gasteiger partial charge is 0.327 e. The second kappa shape index (κ2) is 8.68. The quantitative estimate of drug-likeness (QED) is 0.435. The maximum absolute atomic E-state index is 5.87. The minimum atomic E-state index is -0.980. The maximum atomic E-state index is 5.87. The highest BCUT2D eigenvalue weighted by atomic mass is 16.9.